The molecule has 0 aromatic carbocycles. The number of rotatable bonds is 2. The quantitative estimate of drug-likeness (QED) is 0.251. The predicted octanol–water partition coefficient (Wildman–Crippen LogP) is -0.366. The van der Waals surface area contributed by atoms with E-state index in [0.717, 1.165) is 12.3 Å². The summed E-state index contributed by atoms with van der Waals surface area (Å²) >= 11 is 0. The molecule has 0 atom stereocenters. The first-order chi connectivity index (χ1) is 6.13. The second kappa shape index (κ2) is 3.61. The first-order valence-electron chi connectivity index (χ1n) is 3.40. The van der Waals surface area contributed by atoms with Gasteiger partial charge in [0.15, 0.2) is 5.75 Å². The summed E-state index contributed by atoms with van der Waals surface area (Å²) in [6.45, 7) is 0. The van der Waals surface area contributed by atoms with Crippen molar-refractivity contribution in [2.45, 2.75) is 6.42 Å². The summed E-state index contributed by atoms with van der Waals surface area (Å²) in [5, 5.41) is 19.7. The molecule has 1 aromatic heterocycles. The Hall–Kier alpha value is -1.98. The van der Waals surface area contributed by atoms with E-state index in [1.807, 2.05) is 0 Å². The highest BCUT2D eigenvalue weighted by molar-refractivity contribution is 5.81. The van der Waals surface area contributed by atoms with Crippen molar-refractivity contribution in [2.75, 3.05) is 0 Å². The summed E-state index contributed by atoms with van der Waals surface area (Å²) in [5.74, 6) is -0.324. The van der Waals surface area contributed by atoms with Crippen LogP contribution in [0.4, 0.5) is 0 Å². The van der Waals surface area contributed by atoms with Gasteiger partial charge in [0, 0.05) is 6.07 Å². The summed E-state index contributed by atoms with van der Waals surface area (Å²) in [6.07, 6.45) is 0.925. The Morgan fingerprint density at radius 1 is 1.69 bits per heavy atom. The van der Waals surface area contributed by atoms with Crippen molar-refractivity contribution in [1.29, 1.82) is 0 Å². The smallest absolute Gasteiger partial charge is 0.226 e. The van der Waals surface area contributed by atoms with Crippen LogP contribution in [0.15, 0.2) is 26.7 Å². The first-order valence-corrected chi connectivity index (χ1v) is 3.40. The minimum atomic E-state index is -0.563. The molecule has 0 saturated heterocycles. The fourth-order valence-corrected chi connectivity index (χ4v) is 0.750. The molecule has 0 aliphatic rings. The molecule has 1 aromatic rings. The van der Waals surface area contributed by atoms with Gasteiger partial charge in [0.2, 0.25) is 5.43 Å². The lowest BCUT2D eigenvalue weighted by Crippen LogP contribution is -2.15. The summed E-state index contributed by atoms with van der Waals surface area (Å²) < 4.78 is 4.79. The predicted molar refractivity (Wildman–Crippen MR) is 43.8 cm³/mol. The second-order valence-corrected chi connectivity index (χ2v) is 2.36. The van der Waals surface area contributed by atoms with Crippen LogP contribution in [-0.4, -0.2) is 16.1 Å². The Morgan fingerprint density at radius 2 is 2.38 bits per heavy atom. The van der Waals surface area contributed by atoms with Crippen LogP contribution in [0.1, 0.15) is 5.76 Å². The van der Waals surface area contributed by atoms with Crippen LogP contribution in [0.25, 0.3) is 0 Å². The van der Waals surface area contributed by atoms with Crippen LogP contribution < -0.4 is 11.2 Å². The number of hydrogen-bond donors (Lipinski definition) is 3. The molecule has 13 heavy (non-hydrogen) atoms. The lowest BCUT2D eigenvalue weighted by Gasteiger charge is -1.97. The van der Waals surface area contributed by atoms with E-state index < -0.39 is 11.2 Å². The molecule has 0 unspecified atom stereocenters. The lowest BCUT2D eigenvalue weighted by molar-refractivity contribution is 0.316. The van der Waals surface area contributed by atoms with Crippen molar-refractivity contribution < 1.29 is 14.7 Å². The van der Waals surface area contributed by atoms with Crippen LogP contribution in [0.2, 0.25) is 0 Å². The summed E-state index contributed by atoms with van der Waals surface area (Å²) in [7, 11) is 0. The maximum Gasteiger partial charge on any atom is 0.226 e. The average molecular weight is 184 g/mol. The Labute approximate surface area is 72.9 Å². The minimum absolute atomic E-state index is 0.0199. The van der Waals surface area contributed by atoms with Gasteiger partial charge < -0.3 is 20.5 Å². The number of hydrogen-bond acceptors (Lipinski definition) is 5. The third-order valence-corrected chi connectivity index (χ3v) is 1.35. The van der Waals surface area contributed by atoms with Gasteiger partial charge >= 0.3 is 0 Å². The second-order valence-electron chi connectivity index (χ2n) is 2.36. The van der Waals surface area contributed by atoms with Crippen LogP contribution in [0.5, 0.6) is 5.75 Å². The zero-order valence-corrected chi connectivity index (χ0v) is 6.60. The number of nitrogens with two attached hydrogens (primary N) is 1. The zero-order chi connectivity index (χ0) is 9.84. The highest BCUT2D eigenvalue weighted by atomic mass is 16.4. The molecule has 0 bridgehead atoms. The average Bonchev–Trinajstić information content (AvgIpc) is 2.11. The Kier molecular flexibility index (Phi) is 2.53. The lowest BCUT2D eigenvalue weighted by atomic mass is 10.3. The van der Waals surface area contributed by atoms with E-state index in [2.05, 4.69) is 5.16 Å². The van der Waals surface area contributed by atoms with Crippen molar-refractivity contribution in [3.05, 3.63) is 28.3 Å². The van der Waals surface area contributed by atoms with Gasteiger partial charge in [-0.25, -0.2) is 0 Å². The van der Waals surface area contributed by atoms with Crippen LogP contribution in [0, 0.1) is 0 Å². The van der Waals surface area contributed by atoms with Gasteiger partial charge in [-0.05, 0) is 0 Å². The molecular formula is C7H8N2O4. The monoisotopic (exact) mass is 184 g/mol. The number of amidine groups is 1. The Bertz CT molecular complexity index is 382. The molecule has 4 N–H and O–H groups in total. The zero-order valence-electron chi connectivity index (χ0n) is 6.60. The molecular weight excluding hydrogens is 176 g/mol. The molecule has 0 saturated carbocycles. The fraction of sp³-hybridized carbons (Fsp3) is 0.143. The topological polar surface area (TPSA) is 109 Å². The first kappa shape index (κ1) is 9.11. The molecule has 70 valence electrons. The molecule has 0 radical (unpaired) electrons. The van der Waals surface area contributed by atoms with Gasteiger partial charge in [-0.1, -0.05) is 5.16 Å². The van der Waals surface area contributed by atoms with E-state index in [9.17, 15) is 4.79 Å². The Balaban J connectivity index is 2.92. The van der Waals surface area contributed by atoms with E-state index in [0.29, 0.717) is 0 Å². The molecule has 0 aliphatic carbocycles. The SMILES string of the molecule is N/C(Cc1cc(=O)c(O)co1)=N\O. The summed E-state index contributed by atoms with van der Waals surface area (Å²) in [4.78, 5) is 10.9. The third kappa shape index (κ3) is 2.22. The van der Waals surface area contributed by atoms with E-state index in [1.165, 1.54) is 0 Å². The van der Waals surface area contributed by atoms with Crippen molar-refractivity contribution in [1.82, 2.24) is 0 Å². The molecule has 0 fully saturated rings. The van der Waals surface area contributed by atoms with Gasteiger partial charge in [0.1, 0.15) is 17.9 Å². The minimum Gasteiger partial charge on any atom is -0.502 e. The van der Waals surface area contributed by atoms with Gasteiger partial charge in [0.05, 0.1) is 6.42 Å². The van der Waals surface area contributed by atoms with Crippen molar-refractivity contribution >= 4 is 5.84 Å². The fourth-order valence-electron chi connectivity index (χ4n) is 0.750. The van der Waals surface area contributed by atoms with E-state index in [1.54, 1.807) is 0 Å². The maximum absolute atomic E-state index is 10.9. The molecule has 6 heteroatoms. The third-order valence-electron chi connectivity index (χ3n) is 1.35. The van der Waals surface area contributed by atoms with E-state index in [-0.39, 0.29) is 18.0 Å². The number of aromatic hydroxyl groups is 1. The van der Waals surface area contributed by atoms with E-state index >= 15 is 0 Å². The molecule has 1 rings (SSSR count). The normalized spacial score (nSPS) is 11.5. The van der Waals surface area contributed by atoms with Crippen molar-refractivity contribution in [3.8, 4) is 5.75 Å². The molecule has 0 amide bonds. The van der Waals surface area contributed by atoms with Crippen LogP contribution in [-0.2, 0) is 6.42 Å². The molecule has 6 nitrogen and oxygen atoms in total. The van der Waals surface area contributed by atoms with E-state index in [4.69, 9.17) is 20.5 Å². The maximum atomic E-state index is 10.9. The van der Waals surface area contributed by atoms with Gasteiger partial charge in [-0.15, -0.1) is 0 Å². The molecule has 1 heterocycles. The van der Waals surface area contributed by atoms with Crippen molar-refractivity contribution in [2.24, 2.45) is 10.9 Å². The number of oxime groups is 1. The molecule has 0 spiro atoms. The largest absolute Gasteiger partial charge is 0.502 e. The highest BCUT2D eigenvalue weighted by Gasteiger charge is 2.03. The standard InChI is InChI=1S/C7H8N2O4/c8-7(9-12)2-4-1-5(10)6(11)3-13-4/h1,3,11-12H,2H2,(H2,8,9). The Morgan fingerprint density at radius 3 is 2.92 bits per heavy atom. The summed E-state index contributed by atoms with van der Waals surface area (Å²) in [6, 6.07) is 1.08. The summed E-state index contributed by atoms with van der Waals surface area (Å²) in [5.41, 5.74) is 4.61. The van der Waals surface area contributed by atoms with Gasteiger partial charge in [0.25, 0.3) is 0 Å². The highest BCUT2D eigenvalue weighted by Crippen LogP contribution is 2.03. The number of nitrogens with zero attached hydrogens (tertiary/aromatic N) is 1. The molecule has 0 aliphatic heterocycles. The van der Waals surface area contributed by atoms with Gasteiger partial charge in [-0.3, -0.25) is 4.79 Å². The van der Waals surface area contributed by atoms with Crippen LogP contribution in [0.3, 0.4) is 0 Å². The van der Waals surface area contributed by atoms with Crippen molar-refractivity contribution in [3.63, 3.8) is 0 Å². The van der Waals surface area contributed by atoms with Gasteiger partial charge in [-0.2, -0.15) is 0 Å². The van der Waals surface area contributed by atoms with Crippen LogP contribution >= 0.6 is 0 Å².